The molecule has 7 rings (SSSR count). The van der Waals surface area contributed by atoms with Gasteiger partial charge in [-0.15, -0.1) is 0 Å². The van der Waals surface area contributed by atoms with Gasteiger partial charge in [-0.1, -0.05) is 55.0 Å². The summed E-state index contributed by atoms with van der Waals surface area (Å²) < 4.78 is 0. The number of aromatic nitrogens is 1. The van der Waals surface area contributed by atoms with Gasteiger partial charge in [0.1, 0.15) is 11.6 Å². The number of nitrogens with one attached hydrogen (secondary N) is 3. The molecule has 4 aliphatic rings. The molecule has 8 heteroatoms. The number of unbranched alkanes of at least 4 members (excludes halogenated alkanes) is 2. The highest BCUT2D eigenvalue weighted by Gasteiger charge is 2.51. The van der Waals surface area contributed by atoms with Crippen LogP contribution in [0.15, 0.2) is 60.8 Å². The van der Waals surface area contributed by atoms with E-state index in [9.17, 15) is 24.3 Å². The Bertz CT molecular complexity index is 1490. The molecule has 0 radical (unpaired) electrons. The number of ketones is 2. The third-order valence-corrected chi connectivity index (χ3v) is 10.6. The predicted octanol–water partition coefficient (Wildman–Crippen LogP) is 6.87. The lowest BCUT2D eigenvalue weighted by Gasteiger charge is -2.56. The number of carbonyl (C=O) groups excluding carboxylic acids is 3. The van der Waals surface area contributed by atoms with Crippen LogP contribution in [0.1, 0.15) is 100 Å². The number of aliphatic carboxylic acids is 1. The largest absolute Gasteiger partial charge is 0.481 e. The van der Waals surface area contributed by atoms with Crippen molar-refractivity contribution in [1.82, 2.24) is 15.6 Å². The number of para-hydroxylation sites is 1. The highest BCUT2D eigenvalue weighted by molar-refractivity contribution is 5.97. The smallest absolute Gasteiger partial charge is 0.315 e. The zero-order valence-corrected chi connectivity index (χ0v) is 25.9. The molecule has 2 aromatic carbocycles. The van der Waals surface area contributed by atoms with Crippen LogP contribution in [-0.2, 0) is 14.4 Å². The monoisotopic (exact) mass is 611 g/mol. The molecule has 0 aliphatic heterocycles. The molecule has 4 aliphatic carbocycles. The third-order valence-electron chi connectivity index (χ3n) is 10.6. The second kappa shape index (κ2) is 13.6. The molecule has 45 heavy (non-hydrogen) atoms. The normalized spacial score (nSPS) is 24.7. The zero-order valence-electron chi connectivity index (χ0n) is 25.9. The molecule has 8 nitrogen and oxygen atoms in total. The summed E-state index contributed by atoms with van der Waals surface area (Å²) in [4.78, 5) is 54.9. The maximum atomic E-state index is 13.7. The molecular weight excluding hydrogens is 566 g/mol. The van der Waals surface area contributed by atoms with Gasteiger partial charge in [0.2, 0.25) is 0 Å². The first-order valence-corrected chi connectivity index (χ1v) is 16.7. The number of benzene rings is 2. The highest BCUT2D eigenvalue weighted by Crippen LogP contribution is 2.55. The van der Waals surface area contributed by atoms with Gasteiger partial charge in [-0.25, -0.2) is 4.79 Å². The molecule has 1 heterocycles. The standard InChI is InChI=1S/C37H45N3O5/c41-28(11-5-2-8-14-38-36(45)40-37-20-24-15-25(21-37)17-26(16-24)22-37)18-30(27-9-3-1-4-10-27)34(42)19-31(35(43)44)32-23-39-33-13-7-6-12-29(32)33/h1,3-4,6-7,9-10,12-13,23-26,30-31,39H,2,5,8,11,14-22H2,(H,43,44)(H2,38,40,45). The molecule has 4 N–H and O–H groups in total. The first kappa shape index (κ1) is 31.1. The van der Waals surface area contributed by atoms with E-state index in [1.54, 1.807) is 6.20 Å². The van der Waals surface area contributed by atoms with Crippen molar-refractivity contribution in [2.45, 2.75) is 94.4 Å². The Balaban J connectivity index is 0.972. The number of carboxylic acid groups (broad SMARTS) is 1. The van der Waals surface area contributed by atoms with E-state index in [0.29, 0.717) is 24.9 Å². The molecule has 2 atom stereocenters. The molecule has 4 bridgehead atoms. The Hall–Kier alpha value is -3.94. The van der Waals surface area contributed by atoms with Crippen molar-refractivity contribution in [2.75, 3.05) is 6.54 Å². The van der Waals surface area contributed by atoms with Gasteiger partial charge in [-0.2, -0.15) is 0 Å². The van der Waals surface area contributed by atoms with Gasteiger partial charge in [0, 0.05) is 54.4 Å². The van der Waals surface area contributed by atoms with E-state index in [-0.39, 0.29) is 36.0 Å². The van der Waals surface area contributed by atoms with Gasteiger partial charge in [0.05, 0.1) is 5.92 Å². The lowest BCUT2D eigenvalue weighted by atomic mass is 9.53. The topological polar surface area (TPSA) is 128 Å². The van der Waals surface area contributed by atoms with Crippen LogP contribution < -0.4 is 10.6 Å². The molecule has 238 valence electrons. The van der Waals surface area contributed by atoms with Crippen LogP contribution in [0.2, 0.25) is 0 Å². The zero-order chi connectivity index (χ0) is 31.4. The second-order valence-electron chi connectivity index (χ2n) is 13.9. The quantitative estimate of drug-likeness (QED) is 0.140. The van der Waals surface area contributed by atoms with Crippen LogP contribution in [0, 0.1) is 17.8 Å². The Morgan fingerprint density at radius 1 is 0.822 bits per heavy atom. The molecule has 2 unspecified atom stereocenters. The fourth-order valence-electron chi connectivity index (χ4n) is 8.86. The van der Waals surface area contributed by atoms with Crippen LogP contribution in [0.25, 0.3) is 10.9 Å². The summed E-state index contributed by atoms with van der Waals surface area (Å²) in [6, 6.07) is 16.6. The Kier molecular flexibility index (Phi) is 9.38. The maximum absolute atomic E-state index is 13.7. The fourth-order valence-corrected chi connectivity index (χ4v) is 8.86. The number of amides is 2. The Morgan fingerprint density at radius 3 is 2.18 bits per heavy atom. The maximum Gasteiger partial charge on any atom is 0.315 e. The van der Waals surface area contributed by atoms with Crippen LogP contribution in [0.5, 0.6) is 0 Å². The minimum absolute atomic E-state index is 0.00210. The minimum Gasteiger partial charge on any atom is -0.481 e. The number of Topliss-reactive ketones (excluding diaryl/α,β-unsaturated/α-hetero) is 2. The highest BCUT2D eigenvalue weighted by atomic mass is 16.4. The summed E-state index contributed by atoms with van der Waals surface area (Å²) in [5.74, 6) is -0.684. The fraction of sp³-hybridized carbons (Fsp3) is 0.514. The predicted molar refractivity (Wildman–Crippen MR) is 173 cm³/mol. The number of carbonyl (C=O) groups is 4. The summed E-state index contributed by atoms with van der Waals surface area (Å²) in [7, 11) is 0. The molecule has 2 amide bonds. The molecular formula is C37H45N3O5. The summed E-state index contributed by atoms with van der Waals surface area (Å²) >= 11 is 0. The lowest BCUT2D eigenvalue weighted by Crippen LogP contribution is -2.61. The third kappa shape index (κ3) is 7.32. The van der Waals surface area contributed by atoms with Crippen molar-refractivity contribution in [3.05, 3.63) is 71.9 Å². The molecule has 1 aromatic heterocycles. The summed E-state index contributed by atoms with van der Waals surface area (Å²) in [5, 5.41) is 17.2. The van der Waals surface area contributed by atoms with Crippen LogP contribution in [0.4, 0.5) is 4.79 Å². The van der Waals surface area contributed by atoms with E-state index >= 15 is 0 Å². The van der Waals surface area contributed by atoms with Gasteiger partial charge >= 0.3 is 12.0 Å². The SMILES string of the molecule is O=C(CCCCCNC(=O)NC12CC3CC(CC(C3)C1)C2)CC(C(=O)CC(C(=O)O)c1c[nH]c2ccccc12)c1ccccc1. The summed E-state index contributed by atoms with van der Waals surface area (Å²) in [5.41, 5.74) is 2.12. The van der Waals surface area contributed by atoms with Gasteiger partial charge in [0.25, 0.3) is 0 Å². The molecule has 4 fully saturated rings. The number of urea groups is 1. The summed E-state index contributed by atoms with van der Waals surface area (Å²) in [6.07, 6.45) is 11.5. The average Bonchev–Trinajstić information content (AvgIpc) is 3.43. The van der Waals surface area contributed by atoms with Gasteiger partial charge < -0.3 is 20.7 Å². The number of aromatic amines is 1. The van der Waals surface area contributed by atoms with Gasteiger partial charge in [0.15, 0.2) is 0 Å². The Morgan fingerprint density at radius 2 is 1.49 bits per heavy atom. The number of hydrogen-bond acceptors (Lipinski definition) is 4. The van der Waals surface area contributed by atoms with E-state index < -0.39 is 17.8 Å². The average molecular weight is 612 g/mol. The van der Waals surface area contributed by atoms with Crippen molar-refractivity contribution in [2.24, 2.45) is 17.8 Å². The molecule has 4 saturated carbocycles. The van der Waals surface area contributed by atoms with Crippen molar-refractivity contribution >= 4 is 34.5 Å². The molecule has 0 saturated heterocycles. The van der Waals surface area contributed by atoms with E-state index in [2.05, 4.69) is 15.6 Å². The van der Waals surface area contributed by atoms with E-state index in [1.807, 2.05) is 54.6 Å². The number of rotatable bonds is 15. The van der Waals surface area contributed by atoms with Crippen LogP contribution in [0.3, 0.4) is 0 Å². The van der Waals surface area contributed by atoms with E-state index in [0.717, 1.165) is 66.3 Å². The van der Waals surface area contributed by atoms with Gasteiger partial charge in [-0.3, -0.25) is 14.4 Å². The lowest BCUT2D eigenvalue weighted by molar-refractivity contribution is -0.140. The summed E-state index contributed by atoms with van der Waals surface area (Å²) in [6.45, 7) is 0.571. The van der Waals surface area contributed by atoms with Crippen molar-refractivity contribution in [3.8, 4) is 0 Å². The van der Waals surface area contributed by atoms with Crippen molar-refractivity contribution in [3.63, 3.8) is 0 Å². The van der Waals surface area contributed by atoms with Crippen molar-refractivity contribution in [1.29, 1.82) is 0 Å². The number of hydrogen-bond donors (Lipinski definition) is 4. The second-order valence-corrected chi connectivity index (χ2v) is 13.9. The van der Waals surface area contributed by atoms with Crippen molar-refractivity contribution < 1.29 is 24.3 Å². The first-order valence-electron chi connectivity index (χ1n) is 16.7. The van der Waals surface area contributed by atoms with Crippen LogP contribution in [-0.4, -0.2) is 45.7 Å². The Labute approximate surface area is 264 Å². The van der Waals surface area contributed by atoms with E-state index in [4.69, 9.17) is 0 Å². The van der Waals surface area contributed by atoms with Crippen LogP contribution >= 0.6 is 0 Å². The number of H-pyrrole nitrogens is 1. The minimum atomic E-state index is -1.06. The molecule has 0 spiro atoms. The first-order chi connectivity index (χ1) is 21.8. The van der Waals surface area contributed by atoms with E-state index in [1.165, 1.54) is 19.3 Å². The van der Waals surface area contributed by atoms with Gasteiger partial charge in [-0.05, 0) is 86.3 Å². The number of carboxylic acids is 1. The number of fused-ring (bicyclic) bond motifs is 1. The molecule has 3 aromatic rings.